The van der Waals surface area contributed by atoms with E-state index in [0.717, 1.165) is 5.08 Å². The summed E-state index contributed by atoms with van der Waals surface area (Å²) < 4.78 is 0. The van der Waals surface area contributed by atoms with Crippen LogP contribution < -0.4 is 31.8 Å². The summed E-state index contributed by atoms with van der Waals surface area (Å²) in [7, 11) is -1.50. The fourth-order valence-corrected chi connectivity index (χ4v) is 12.9. The molecular formula is C37H28P2S2. The van der Waals surface area contributed by atoms with Gasteiger partial charge in [0.2, 0.25) is 0 Å². The first-order chi connectivity index (χ1) is 20.4. The van der Waals surface area contributed by atoms with Crippen LogP contribution in [0.2, 0.25) is 0 Å². The Bertz CT molecular complexity index is 1550. The molecule has 0 nitrogen and oxygen atoms in total. The predicted molar refractivity (Wildman–Crippen MR) is 186 cm³/mol. The van der Waals surface area contributed by atoms with Crippen molar-refractivity contribution in [3.63, 3.8) is 0 Å². The predicted octanol–water partition coefficient (Wildman–Crippen LogP) is 8.03. The molecule has 41 heavy (non-hydrogen) atoms. The lowest BCUT2D eigenvalue weighted by Crippen LogP contribution is -2.26. The summed E-state index contributed by atoms with van der Waals surface area (Å²) >= 11 is 3.96. The molecule has 198 valence electrons. The third-order valence-corrected chi connectivity index (χ3v) is 14.4. The van der Waals surface area contributed by atoms with Crippen LogP contribution >= 0.6 is 39.4 Å². The molecule has 6 aromatic rings. The van der Waals surface area contributed by atoms with Gasteiger partial charge in [0.25, 0.3) is 0 Å². The number of thioether (sulfide) groups is 2. The summed E-state index contributed by atoms with van der Waals surface area (Å²) in [6, 6.07) is 58.5. The summed E-state index contributed by atoms with van der Waals surface area (Å²) in [5, 5.41) is 9.43. The second-order valence-corrected chi connectivity index (χ2v) is 16.5. The van der Waals surface area contributed by atoms with E-state index in [-0.39, 0.29) is 0 Å². The zero-order chi connectivity index (χ0) is 27.4. The minimum atomic E-state index is -0.752. The highest BCUT2D eigenvalue weighted by molar-refractivity contribution is 8.16. The maximum atomic E-state index is 2.40. The van der Waals surface area contributed by atoms with Crippen molar-refractivity contribution in [1.29, 1.82) is 0 Å². The molecular weight excluding hydrogens is 570 g/mol. The first kappa shape index (κ1) is 26.8. The highest BCUT2D eigenvalue weighted by Gasteiger charge is 2.30. The van der Waals surface area contributed by atoms with Gasteiger partial charge in [-0.15, -0.1) is 23.5 Å². The molecule has 0 unspecified atom stereocenters. The number of benzene rings is 6. The average Bonchev–Trinajstić information content (AvgIpc) is 3.24. The van der Waals surface area contributed by atoms with E-state index in [0.29, 0.717) is 0 Å². The van der Waals surface area contributed by atoms with Gasteiger partial charge in [-0.3, -0.25) is 0 Å². The average molecular weight is 599 g/mol. The van der Waals surface area contributed by atoms with Crippen LogP contribution in [0.4, 0.5) is 0 Å². The Morgan fingerprint density at radius 3 is 0.976 bits per heavy atom. The van der Waals surface area contributed by atoms with E-state index < -0.39 is 15.8 Å². The van der Waals surface area contributed by atoms with Crippen LogP contribution in [0.25, 0.3) is 11.1 Å². The largest absolute Gasteiger partial charge is 0.114 e. The van der Waals surface area contributed by atoms with Crippen molar-refractivity contribution in [3.8, 4) is 11.1 Å². The maximum Gasteiger partial charge on any atom is 0.0487 e. The molecule has 1 aliphatic heterocycles. The standard InChI is InChI=1S/C37H28P2S2/c1-5-15-28(16-6-1)38(29-17-7-2-8-18-29)32-23-13-25-34-36(32)37-33(24-14-26-35(37)41-27-40-34)39(30-19-9-3-10-20-30)31-21-11-4-12-22-31/h1-26H,27H2. The van der Waals surface area contributed by atoms with Crippen LogP contribution in [0.5, 0.6) is 0 Å². The van der Waals surface area contributed by atoms with Crippen molar-refractivity contribution in [1.82, 2.24) is 0 Å². The molecule has 6 aromatic carbocycles. The van der Waals surface area contributed by atoms with Crippen molar-refractivity contribution in [2.75, 3.05) is 5.08 Å². The van der Waals surface area contributed by atoms with Gasteiger partial charge in [0, 0.05) is 26.0 Å². The van der Waals surface area contributed by atoms with E-state index in [1.165, 1.54) is 52.7 Å². The Balaban J connectivity index is 1.53. The second kappa shape index (κ2) is 12.4. The van der Waals surface area contributed by atoms with Gasteiger partial charge in [-0.25, -0.2) is 0 Å². The molecule has 4 heteroatoms. The third-order valence-electron chi connectivity index (χ3n) is 7.23. The van der Waals surface area contributed by atoms with Crippen molar-refractivity contribution >= 4 is 71.2 Å². The summed E-state index contributed by atoms with van der Waals surface area (Å²) in [6.07, 6.45) is 0. The molecule has 0 amide bonds. The van der Waals surface area contributed by atoms with E-state index in [1.54, 1.807) is 0 Å². The lowest BCUT2D eigenvalue weighted by atomic mass is 10.1. The van der Waals surface area contributed by atoms with Gasteiger partial charge >= 0.3 is 0 Å². The van der Waals surface area contributed by atoms with Crippen molar-refractivity contribution in [3.05, 3.63) is 158 Å². The van der Waals surface area contributed by atoms with E-state index in [9.17, 15) is 0 Å². The Labute approximate surface area is 253 Å². The minimum Gasteiger partial charge on any atom is -0.114 e. The van der Waals surface area contributed by atoms with Gasteiger partial charge in [-0.05, 0) is 59.8 Å². The first-order valence-electron chi connectivity index (χ1n) is 13.7. The molecule has 0 N–H and O–H groups in total. The van der Waals surface area contributed by atoms with Gasteiger partial charge in [0.05, 0.1) is 0 Å². The maximum absolute atomic E-state index is 2.40. The van der Waals surface area contributed by atoms with Gasteiger partial charge in [0.15, 0.2) is 0 Å². The minimum absolute atomic E-state index is 0.752. The normalized spacial score (nSPS) is 12.5. The molecule has 0 atom stereocenters. The number of hydrogen-bond acceptors (Lipinski definition) is 2. The highest BCUT2D eigenvalue weighted by Crippen LogP contribution is 2.49. The molecule has 0 saturated heterocycles. The lowest BCUT2D eigenvalue weighted by Gasteiger charge is -2.28. The molecule has 0 radical (unpaired) electrons. The molecule has 0 bridgehead atoms. The van der Waals surface area contributed by atoms with Crippen LogP contribution in [0, 0.1) is 0 Å². The van der Waals surface area contributed by atoms with E-state index in [4.69, 9.17) is 0 Å². The smallest absolute Gasteiger partial charge is 0.0487 e. The number of hydrogen-bond donors (Lipinski definition) is 0. The molecule has 0 aromatic heterocycles. The van der Waals surface area contributed by atoms with Crippen LogP contribution in [0.1, 0.15) is 0 Å². The van der Waals surface area contributed by atoms with Crippen LogP contribution in [0.15, 0.2) is 168 Å². The summed E-state index contributed by atoms with van der Waals surface area (Å²) in [6.45, 7) is 0. The van der Waals surface area contributed by atoms with Crippen LogP contribution in [-0.2, 0) is 0 Å². The van der Waals surface area contributed by atoms with Gasteiger partial charge in [-0.1, -0.05) is 146 Å². The molecule has 0 aliphatic carbocycles. The lowest BCUT2D eigenvalue weighted by molar-refractivity contribution is 1.42. The van der Waals surface area contributed by atoms with Crippen molar-refractivity contribution in [2.24, 2.45) is 0 Å². The Morgan fingerprint density at radius 1 is 0.341 bits per heavy atom. The van der Waals surface area contributed by atoms with E-state index >= 15 is 0 Å². The third kappa shape index (κ3) is 5.43. The topological polar surface area (TPSA) is 0 Å². The van der Waals surface area contributed by atoms with Crippen molar-refractivity contribution < 1.29 is 0 Å². The summed E-state index contributed by atoms with van der Waals surface area (Å²) in [4.78, 5) is 2.77. The molecule has 0 spiro atoms. The summed E-state index contributed by atoms with van der Waals surface area (Å²) in [5.74, 6) is 0. The first-order valence-corrected chi connectivity index (χ1v) is 18.4. The Morgan fingerprint density at radius 2 is 0.659 bits per heavy atom. The molecule has 7 rings (SSSR count). The number of fused-ring (bicyclic) bond motifs is 3. The van der Waals surface area contributed by atoms with Gasteiger partial charge in [0.1, 0.15) is 0 Å². The molecule has 0 fully saturated rings. The summed E-state index contributed by atoms with van der Waals surface area (Å²) in [5.41, 5.74) is 2.84. The quantitative estimate of drug-likeness (QED) is 0.178. The van der Waals surface area contributed by atoms with E-state index in [2.05, 4.69) is 158 Å². The second-order valence-electron chi connectivity index (χ2n) is 9.72. The fraction of sp³-hybridized carbons (Fsp3) is 0.0270. The zero-order valence-corrected chi connectivity index (χ0v) is 25.9. The van der Waals surface area contributed by atoms with Crippen molar-refractivity contribution in [2.45, 2.75) is 9.79 Å². The van der Waals surface area contributed by atoms with Gasteiger partial charge in [-0.2, -0.15) is 0 Å². The SMILES string of the molecule is c1ccc(P(c2ccccc2)c2cccc3c2-c2c(cccc2P(c2ccccc2)c2ccccc2)SCS3)cc1. The Kier molecular flexibility index (Phi) is 8.09. The zero-order valence-electron chi connectivity index (χ0n) is 22.4. The molecule has 0 saturated carbocycles. The molecule has 1 heterocycles. The Hall–Kier alpha value is -3.12. The van der Waals surface area contributed by atoms with Gasteiger partial charge < -0.3 is 0 Å². The molecule has 1 aliphatic rings. The highest BCUT2D eigenvalue weighted by atomic mass is 32.2. The monoisotopic (exact) mass is 598 g/mol. The number of rotatable bonds is 6. The van der Waals surface area contributed by atoms with E-state index in [1.807, 2.05) is 23.5 Å². The van der Waals surface area contributed by atoms with Crippen LogP contribution in [0.3, 0.4) is 0 Å². The van der Waals surface area contributed by atoms with Crippen LogP contribution in [-0.4, -0.2) is 5.08 Å². The fourth-order valence-electron chi connectivity index (χ4n) is 5.47.